The van der Waals surface area contributed by atoms with Crippen LogP contribution in [0.3, 0.4) is 0 Å². The van der Waals surface area contributed by atoms with Gasteiger partial charge in [0, 0.05) is 10.9 Å². The van der Waals surface area contributed by atoms with Crippen molar-refractivity contribution >= 4 is 17.4 Å². The van der Waals surface area contributed by atoms with E-state index in [-0.39, 0.29) is 6.03 Å². The smallest absolute Gasteiger partial charge is 0.315 e. The van der Waals surface area contributed by atoms with Crippen molar-refractivity contribution in [3.8, 4) is 0 Å². The number of amides is 2. The first kappa shape index (κ1) is 13.4. The van der Waals surface area contributed by atoms with Gasteiger partial charge < -0.3 is 10.6 Å². The zero-order valence-corrected chi connectivity index (χ0v) is 11.8. The number of carbonyl (C=O) groups is 1. The molecule has 2 amide bonds. The molecule has 0 aromatic carbocycles. The van der Waals surface area contributed by atoms with Crippen LogP contribution in [0.5, 0.6) is 0 Å². The maximum absolute atomic E-state index is 11.8. The van der Waals surface area contributed by atoms with Crippen LogP contribution < -0.4 is 10.6 Å². The fraction of sp³-hybridized carbons (Fsp3) is 0.643. The zero-order chi connectivity index (χ0) is 12.8. The van der Waals surface area contributed by atoms with Gasteiger partial charge in [0.1, 0.15) is 0 Å². The summed E-state index contributed by atoms with van der Waals surface area (Å²) >= 11 is 1.72. The van der Waals surface area contributed by atoms with Gasteiger partial charge in [0.2, 0.25) is 0 Å². The maximum Gasteiger partial charge on any atom is 0.315 e. The summed E-state index contributed by atoms with van der Waals surface area (Å²) in [6, 6.07) is 2.51. The molecular weight excluding hydrogens is 244 g/mol. The highest BCUT2D eigenvalue weighted by atomic mass is 32.1. The molecule has 1 heterocycles. The van der Waals surface area contributed by atoms with Crippen molar-refractivity contribution in [1.29, 1.82) is 0 Å². The lowest BCUT2D eigenvalue weighted by atomic mass is 9.96. The molecular formula is C14H22N2OS. The Morgan fingerprint density at radius 1 is 1.39 bits per heavy atom. The largest absolute Gasteiger partial charge is 0.335 e. The summed E-state index contributed by atoms with van der Waals surface area (Å²) in [5.41, 5.74) is 1.35. The van der Waals surface area contributed by atoms with E-state index in [0.29, 0.717) is 12.6 Å². The molecule has 0 atom stereocenters. The average molecular weight is 266 g/mol. The van der Waals surface area contributed by atoms with Crippen molar-refractivity contribution in [2.24, 2.45) is 0 Å². The molecule has 0 aliphatic heterocycles. The zero-order valence-electron chi connectivity index (χ0n) is 11.0. The van der Waals surface area contributed by atoms with Crippen molar-refractivity contribution in [2.75, 3.05) is 0 Å². The molecule has 4 heteroatoms. The molecule has 100 valence electrons. The van der Waals surface area contributed by atoms with E-state index in [9.17, 15) is 4.79 Å². The molecule has 0 radical (unpaired) electrons. The third-order valence-electron chi connectivity index (χ3n) is 3.57. The van der Waals surface area contributed by atoms with E-state index in [4.69, 9.17) is 0 Å². The van der Waals surface area contributed by atoms with Gasteiger partial charge in [-0.3, -0.25) is 0 Å². The molecule has 3 nitrogen and oxygen atoms in total. The summed E-state index contributed by atoms with van der Waals surface area (Å²) in [6.07, 6.45) is 7.10. The Labute approximate surface area is 113 Å². The normalized spacial score (nSPS) is 16.5. The molecule has 1 aliphatic carbocycles. The van der Waals surface area contributed by atoms with Gasteiger partial charge in [-0.05, 0) is 36.3 Å². The number of urea groups is 1. The number of hydrogen-bond acceptors (Lipinski definition) is 2. The molecule has 0 saturated heterocycles. The van der Waals surface area contributed by atoms with Crippen LogP contribution in [0.15, 0.2) is 11.4 Å². The third-order valence-corrected chi connectivity index (χ3v) is 4.53. The minimum atomic E-state index is -0.0163. The molecule has 0 unspecified atom stereocenters. The molecule has 18 heavy (non-hydrogen) atoms. The lowest BCUT2D eigenvalue weighted by Crippen LogP contribution is -2.42. The van der Waals surface area contributed by atoms with Gasteiger partial charge in [-0.1, -0.05) is 26.2 Å². The van der Waals surface area contributed by atoms with E-state index in [1.165, 1.54) is 29.7 Å². The van der Waals surface area contributed by atoms with Crippen molar-refractivity contribution in [3.05, 3.63) is 21.9 Å². The topological polar surface area (TPSA) is 41.1 Å². The number of rotatable bonds is 4. The van der Waals surface area contributed by atoms with Gasteiger partial charge in [0.25, 0.3) is 0 Å². The first-order valence-electron chi connectivity index (χ1n) is 6.89. The second-order valence-corrected chi connectivity index (χ2v) is 5.89. The molecule has 2 N–H and O–H groups in total. The van der Waals surface area contributed by atoms with Crippen molar-refractivity contribution in [1.82, 2.24) is 10.6 Å². The standard InChI is InChI=1S/C14H22N2OS/c1-2-11-8-9-18-13(11)10-15-14(17)16-12-6-4-3-5-7-12/h8-9,12H,2-7,10H2,1H3,(H2,15,16,17). The molecule has 0 bridgehead atoms. The van der Waals surface area contributed by atoms with Crippen LogP contribution in [0.4, 0.5) is 4.79 Å². The molecule has 1 aliphatic rings. The summed E-state index contributed by atoms with van der Waals surface area (Å²) in [5.74, 6) is 0. The lowest BCUT2D eigenvalue weighted by molar-refractivity contribution is 0.232. The summed E-state index contributed by atoms with van der Waals surface area (Å²) in [5, 5.41) is 8.13. The van der Waals surface area contributed by atoms with Crippen LogP contribution in [0.2, 0.25) is 0 Å². The number of nitrogens with one attached hydrogen (secondary N) is 2. The van der Waals surface area contributed by atoms with E-state index in [0.717, 1.165) is 19.3 Å². The maximum atomic E-state index is 11.8. The molecule has 1 aromatic rings. The van der Waals surface area contributed by atoms with E-state index in [2.05, 4.69) is 29.0 Å². The highest BCUT2D eigenvalue weighted by molar-refractivity contribution is 7.10. The Morgan fingerprint density at radius 2 is 2.17 bits per heavy atom. The van der Waals surface area contributed by atoms with Gasteiger partial charge in [0.05, 0.1) is 6.54 Å². The van der Waals surface area contributed by atoms with Crippen LogP contribution in [0.1, 0.15) is 49.5 Å². The van der Waals surface area contributed by atoms with Gasteiger partial charge in [-0.25, -0.2) is 4.79 Å². The van der Waals surface area contributed by atoms with Gasteiger partial charge in [-0.2, -0.15) is 0 Å². The summed E-state index contributed by atoms with van der Waals surface area (Å²) in [7, 11) is 0. The number of aryl methyl sites for hydroxylation is 1. The summed E-state index contributed by atoms with van der Waals surface area (Å²) < 4.78 is 0. The molecule has 1 aromatic heterocycles. The Bertz CT molecular complexity index is 383. The molecule has 1 saturated carbocycles. The van der Waals surface area contributed by atoms with E-state index in [1.807, 2.05) is 0 Å². The molecule has 1 fully saturated rings. The Morgan fingerprint density at radius 3 is 2.89 bits per heavy atom. The Balaban J connectivity index is 1.74. The first-order chi connectivity index (χ1) is 8.79. The summed E-state index contributed by atoms with van der Waals surface area (Å²) in [4.78, 5) is 13.1. The Kier molecular flexibility index (Phi) is 5.05. The van der Waals surface area contributed by atoms with Crippen molar-refractivity contribution in [3.63, 3.8) is 0 Å². The monoisotopic (exact) mass is 266 g/mol. The second-order valence-electron chi connectivity index (χ2n) is 4.88. The van der Waals surface area contributed by atoms with Crippen molar-refractivity contribution < 1.29 is 4.79 Å². The lowest BCUT2D eigenvalue weighted by Gasteiger charge is -2.22. The van der Waals surface area contributed by atoms with Gasteiger partial charge in [0.15, 0.2) is 0 Å². The number of hydrogen-bond donors (Lipinski definition) is 2. The minimum Gasteiger partial charge on any atom is -0.335 e. The second kappa shape index (κ2) is 6.78. The van der Waals surface area contributed by atoms with Crippen LogP contribution in [-0.2, 0) is 13.0 Å². The van der Waals surface area contributed by atoms with Crippen molar-refractivity contribution in [2.45, 2.75) is 58.0 Å². The average Bonchev–Trinajstić information content (AvgIpc) is 2.85. The number of thiophene rings is 1. The van der Waals surface area contributed by atoms with E-state index in [1.54, 1.807) is 11.3 Å². The third kappa shape index (κ3) is 3.73. The predicted molar refractivity (Wildman–Crippen MR) is 75.9 cm³/mol. The van der Waals surface area contributed by atoms with E-state index < -0.39 is 0 Å². The first-order valence-corrected chi connectivity index (χ1v) is 7.77. The summed E-state index contributed by atoms with van der Waals surface area (Å²) in [6.45, 7) is 2.80. The van der Waals surface area contributed by atoms with E-state index >= 15 is 0 Å². The minimum absolute atomic E-state index is 0.0163. The molecule has 2 rings (SSSR count). The molecule has 0 spiro atoms. The van der Waals surface area contributed by atoms with Gasteiger partial charge in [-0.15, -0.1) is 11.3 Å². The quantitative estimate of drug-likeness (QED) is 0.861. The SMILES string of the molecule is CCc1ccsc1CNC(=O)NC1CCCCC1. The predicted octanol–water partition coefficient (Wildman–Crippen LogP) is 3.44. The van der Waals surface area contributed by atoms with Crippen LogP contribution in [0.25, 0.3) is 0 Å². The van der Waals surface area contributed by atoms with Crippen LogP contribution >= 0.6 is 11.3 Å². The fourth-order valence-corrected chi connectivity index (χ4v) is 3.40. The highest BCUT2D eigenvalue weighted by Gasteiger charge is 2.15. The number of carbonyl (C=O) groups excluding carboxylic acids is 1. The van der Waals surface area contributed by atoms with Gasteiger partial charge >= 0.3 is 6.03 Å². The fourth-order valence-electron chi connectivity index (χ4n) is 2.48. The highest BCUT2D eigenvalue weighted by Crippen LogP contribution is 2.18. The van der Waals surface area contributed by atoms with Crippen LogP contribution in [0, 0.1) is 0 Å². The Hall–Kier alpha value is -1.03. The van der Waals surface area contributed by atoms with Crippen LogP contribution in [-0.4, -0.2) is 12.1 Å².